The number of rotatable bonds is 3. The highest BCUT2D eigenvalue weighted by Crippen LogP contribution is 2.24. The molecule has 0 radical (unpaired) electrons. The lowest BCUT2D eigenvalue weighted by molar-refractivity contribution is 0.0921. The van der Waals surface area contributed by atoms with Crippen molar-refractivity contribution in [1.82, 2.24) is 9.97 Å². The van der Waals surface area contributed by atoms with Gasteiger partial charge in [-0.05, 0) is 18.1 Å². The van der Waals surface area contributed by atoms with Gasteiger partial charge >= 0.3 is 0 Å². The summed E-state index contributed by atoms with van der Waals surface area (Å²) in [6.07, 6.45) is 11.6. The summed E-state index contributed by atoms with van der Waals surface area (Å²) in [6.45, 7) is 1.99. The van der Waals surface area contributed by atoms with E-state index in [-0.39, 0.29) is 17.6 Å². The van der Waals surface area contributed by atoms with E-state index in [0.717, 1.165) is 6.29 Å². The van der Waals surface area contributed by atoms with Crippen molar-refractivity contribution in [2.75, 3.05) is 0 Å². The number of allylic oxidation sites excluding steroid dienone is 4. The predicted octanol–water partition coefficient (Wildman–Crippen LogP) is 3.00. The van der Waals surface area contributed by atoms with E-state index >= 15 is 0 Å². The Kier molecular flexibility index (Phi) is 3.44. The molecule has 0 aromatic carbocycles. The molecule has 0 aliphatic heterocycles. The van der Waals surface area contributed by atoms with Gasteiger partial charge < -0.3 is 0 Å². The second kappa shape index (κ2) is 5.40. The van der Waals surface area contributed by atoms with Crippen molar-refractivity contribution in [3.8, 4) is 0 Å². The maximum Gasteiger partial charge on any atom is 0.188 e. The van der Waals surface area contributed by atoms with Crippen molar-refractivity contribution in [2.24, 2.45) is 11.8 Å². The third-order valence-electron chi connectivity index (χ3n) is 3.74. The van der Waals surface area contributed by atoms with Crippen LogP contribution in [0, 0.1) is 11.8 Å². The quantitative estimate of drug-likeness (QED) is 0.639. The Balaban J connectivity index is 2.08. The second-order valence-electron chi connectivity index (χ2n) is 5.13. The number of hydrogen-bond acceptors (Lipinski definition) is 4. The molecule has 2 heterocycles. The Morgan fingerprint density at radius 1 is 1.29 bits per heavy atom. The van der Waals surface area contributed by atoms with Crippen molar-refractivity contribution < 1.29 is 9.59 Å². The van der Waals surface area contributed by atoms with Crippen LogP contribution < -0.4 is 0 Å². The standard InChI is InChI=1S/C17H14N2O2/c1-11-4-2-3-5-13(11)17(21)16-8-12(10-20)14-9-18-7-6-15(14)19-16/h2-11,13H,1H3/t11-,13-/m1/s1. The molecule has 104 valence electrons. The summed E-state index contributed by atoms with van der Waals surface area (Å²) >= 11 is 0. The first-order chi connectivity index (χ1) is 10.2. The third-order valence-corrected chi connectivity index (χ3v) is 3.74. The van der Waals surface area contributed by atoms with E-state index in [9.17, 15) is 9.59 Å². The Labute approximate surface area is 122 Å². The Hall–Kier alpha value is -2.62. The molecule has 2 atom stereocenters. The van der Waals surface area contributed by atoms with E-state index in [2.05, 4.69) is 9.97 Å². The average molecular weight is 278 g/mol. The lowest BCUT2D eigenvalue weighted by Crippen LogP contribution is -2.21. The minimum absolute atomic E-state index is 0.0649. The first-order valence-electron chi connectivity index (χ1n) is 6.80. The predicted molar refractivity (Wildman–Crippen MR) is 80.2 cm³/mol. The first kappa shape index (κ1) is 13.4. The van der Waals surface area contributed by atoms with Crippen LogP contribution in [0.5, 0.6) is 0 Å². The molecule has 2 aromatic heterocycles. The Morgan fingerprint density at radius 3 is 2.86 bits per heavy atom. The molecule has 0 N–H and O–H groups in total. The molecule has 2 aromatic rings. The van der Waals surface area contributed by atoms with Gasteiger partial charge in [-0.1, -0.05) is 31.2 Å². The summed E-state index contributed by atoms with van der Waals surface area (Å²) in [6, 6.07) is 3.26. The fourth-order valence-electron chi connectivity index (χ4n) is 2.53. The first-order valence-corrected chi connectivity index (χ1v) is 6.80. The highest BCUT2D eigenvalue weighted by atomic mass is 16.1. The summed E-state index contributed by atoms with van der Waals surface area (Å²) in [5, 5.41) is 0.663. The zero-order chi connectivity index (χ0) is 14.8. The van der Waals surface area contributed by atoms with Gasteiger partial charge in [0.2, 0.25) is 0 Å². The van der Waals surface area contributed by atoms with Crippen molar-refractivity contribution >= 4 is 23.0 Å². The third kappa shape index (κ3) is 2.40. The molecule has 4 nitrogen and oxygen atoms in total. The largest absolute Gasteiger partial charge is 0.298 e. The maximum atomic E-state index is 12.6. The van der Waals surface area contributed by atoms with Crippen LogP contribution in [-0.4, -0.2) is 22.0 Å². The fourth-order valence-corrected chi connectivity index (χ4v) is 2.53. The average Bonchev–Trinajstić information content (AvgIpc) is 2.53. The Bertz CT molecular complexity index is 777. The van der Waals surface area contributed by atoms with E-state index in [1.807, 2.05) is 31.2 Å². The summed E-state index contributed by atoms with van der Waals surface area (Å²) in [5.74, 6) is -0.177. The molecular formula is C17H14N2O2. The number of aromatic nitrogens is 2. The summed E-state index contributed by atoms with van der Waals surface area (Å²) in [4.78, 5) is 32.3. The molecule has 0 spiro atoms. The number of ketones is 1. The smallest absolute Gasteiger partial charge is 0.188 e. The van der Waals surface area contributed by atoms with Gasteiger partial charge in [0, 0.05) is 29.3 Å². The molecule has 0 saturated heterocycles. The molecule has 0 amide bonds. The monoisotopic (exact) mass is 278 g/mol. The Morgan fingerprint density at radius 2 is 2.10 bits per heavy atom. The molecule has 4 heteroatoms. The molecule has 0 unspecified atom stereocenters. The van der Waals surface area contributed by atoms with E-state index < -0.39 is 0 Å². The molecule has 0 saturated carbocycles. The summed E-state index contributed by atoms with van der Waals surface area (Å²) in [7, 11) is 0. The van der Waals surface area contributed by atoms with E-state index in [4.69, 9.17) is 0 Å². The minimum atomic E-state index is -0.235. The van der Waals surface area contributed by atoms with Gasteiger partial charge in [-0.2, -0.15) is 0 Å². The number of Topliss-reactive ketones (excluding diaryl/α,β-unsaturated/α-hetero) is 1. The van der Waals surface area contributed by atoms with Crippen LogP contribution >= 0.6 is 0 Å². The molecule has 1 aliphatic rings. The highest BCUT2D eigenvalue weighted by Gasteiger charge is 2.25. The van der Waals surface area contributed by atoms with Crippen LogP contribution in [0.2, 0.25) is 0 Å². The van der Waals surface area contributed by atoms with Crippen LogP contribution in [0.4, 0.5) is 0 Å². The van der Waals surface area contributed by atoms with Crippen LogP contribution in [0.3, 0.4) is 0 Å². The number of pyridine rings is 2. The SMILES string of the molecule is C[C@@H]1C=CC=C[C@H]1C(=O)c1cc(C=O)c2cnccc2n1. The number of hydrogen-bond donors (Lipinski definition) is 0. The lowest BCUT2D eigenvalue weighted by Gasteiger charge is -2.19. The normalized spacial score (nSPS) is 20.6. The number of fused-ring (bicyclic) bond motifs is 1. The van der Waals surface area contributed by atoms with Crippen molar-refractivity contribution in [3.63, 3.8) is 0 Å². The lowest BCUT2D eigenvalue weighted by atomic mass is 9.85. The zero-order valence-electron chi connectivity index (χ0n) is 11.6. The van der Waals surface area contributed by atoms with Crippen molar-refractivity contribution in [1.29, 1.82) is 0 Å². The summed E-state index contributed by atoms with van der Waals surface area (Å²) < 4.78 is 0. The van der Waals surface area contributed by atoms with Crippen LogP contribution in [-0.2, 0) is 0 Å². The van der Waals surface area contributed by atoms with Gasteiger partial charge in [0.25, 0.3) is 0 Å². The second-order valence-corrected chi connectivity index (χ2v) is 5.13. The van der Waals surface area contributed by atoms with E-state index in [1.54, 1.807) is 24.5 Å². The van der Waals surface area contributed by atoms with Crippen LogP contribution in [0.25, 0.3) is 10.9 Å². The van der Waals surface area contributed by atoms with Crippen molar-refractivity contribution in [3.05, 3.63) is 60.1 Å². The minimum Gasteiger partial charge on any atom is -0.298 e. The molecule has 0 bridgehead atoms. The number of carbonyl (C=O) groups is 2. The molecular weight excluding hydrogens is 264 g/mol. The highest BCUT2D eigenvalue weighted by molar-refractivity contribution is 6.03. The fraction of sp³-hybridized carbons (Fsp3) is 0.176. The van der Waals surface area contributed by atoms with Gasteiger partial charge in [0.1, 0.15) is 5.69 Å². The van der Waals surface area contributed by atoms with Gasteiger partial charge in [0.15, 0.2) is 12.1 Å². The van der Waals surface area contributed by atoms with E-state index in [0.29, 0.717) is 22.2 Å². The summed E-state index contributed by atoms with van der Waals surface area (Å²) in [5.41, 5.74) is 1.38. The van der Waals surface area contributed by atoms with Gasteiger partial charge in [-0.3, -0.25) is 14.6 Å². The van der Waals surface area contributed by atoms with Gasteiger partial charge in [0.05, 0.1) is 5.52 Å². The molecule has 3 rings (SSSR count). The zero-order valence-corrected chi connectivity index (χ0v) is 11.6. The number of carbonyl (C=O) groups excluding carboxylic acids is 2. The number of nitrogens with zero attached hydrogens (tertiary/aromatic N) is 2. The maximum absolute atomic E-state index is 12.6. The van der Waals surface area contributed by atoms with E-state index in [1.165, 1.54) is 0 Å². The van der Waals surface area contributed by atoms with Crippen LogP contribution in [0.1, 0.15) is 27.8 Å². The van der Waals surface area contributed by atoms with Gasteiger partial charge in [-0.15, -0.1) is 0 Å². The topological polar surface area (TPSA) is 59.9 Å². The van der Waals surface area contributed by atoms with Crippen LogP contribution in [0.15, 0.2) is 48.8 Å². The molecule has 21 heavy (non-hydrogen) atoms. The van der Waals surface area contributed by atoms with Crippen molar-refractivity contribution in [2.45, 2.75) is 6.92 Å². The molecule has 0 fully saturated rings. The molecule has 1 aliphatic carbocycles. The number of aldehydes is 1. The van der Waals surface area contributed by atoms with Gasteiger partial charge in [-0.25, -0.2) is 4.98 Å².